The summed E-state index contributed by atoms with van der Waals surface area (Å²) in [6.45, 7) is 2.89. The molecule has 6 heteroatoms. The molecular weight excluding hydrogens is 278 g/mol. The van der Waals surface area contributed by atoms with E-state index in [2.05, 4.69) is 14.9 Å². The van der Waals surface area contributed by atoms with Crippen molar-refractivity contribution < 1.29 is 9.53 Å². The maximum absolute atomic E-state index is 11.7. The first-order valence-electron chi connectivity index (χ1n) is 7.24. The zero-order chi connectivity index (χ0) is 14.1. The molecule has 0 saturated carbocycles. The summed E-state index contributed by atoms with van der Waals surface area (Å²) in [4.78, 5) is 16.3. The molecule has 0 aromatic carbocycles. The normalized spacial score (nSPS) is 23.4. The number of methoxy groups -OCH3 is 1. The Morgan fingerprint density at radius 1 is 1.40 bits per heavy atom. The van der Waals surface area contributed by atoms with E-state index >= 15 is 0 Å². The Morgan fingerprint density at radius 3 is 2.85 bits per heavy atom. The molecule has 1 N–H and O–H groups in total. The van der Waals surface area contributed by atoms with Crippen LogP contribution in [0.25, 0.3) is 0 Å². The van der Waals surface area contributed by atoms with Gasteiger partial charge in [0.05, 0.1) is 18.7 Å². The highest BCUT2D eigenvalue weighted by Gasteiger charge is 2.31. The minimum atomic E-state index is -0.142. The van der Waals surface area contributed by atoms with E-state index in [1.54, 1.807) is 0 Å². The summed E-state index contributed by atoms with van der Waals surface area (Å²) in [6.07, 6.45) is 3.66. The lowest BCUT2D eigenvalue weighted by molar-refractivity contribution is -0.146. The van der Waals surface area contributed by atoms with Crippen molar-refractivity contribution in [3.8, 4) is 0 Å². The summed E-state index contributed by atoms with van der Waals surface area (Å²) in [5.74, 6) is 1.37. The van der Waals surface area contributed by atoms with Crippen molar-refractivity contribution in [1.82, 2.24) is 14.9 Å². The number of aromatic nitrogens is 2. The largest absolute Gasteiger partial charge is 0.469 e. The topological polar surface area (TPSA) is 56.1 Å². The van der Waals surface area contributed by atoms with E-state index in [0.29, 0.717) is 17.5 Å². The SMILES string of the molecule is COC(=O)C1CCn2c(C3CCNCC3)nc(Cl)c2C1. The number of hydrogen-bond acceptors (Lipinski definition) is 4. The van der Waals surface area contributed by atoms with Gasteiger partial charge in [-0.3, -0.25) is 4.79 Å². The van der Waals surface area contributed by atoms with Gasteiger partial charge in [0.15, 0.2) is 5.15 Å². The smallest absolute Gasteiger partial charge is 0.309 e. The number of carbonyl (C=O) groups is 1. The Morgan fingerprint density at radius 2 is 2.15 bits per heavy atom. The molecule has 3 rings (SSSR count). The van der Waals surface area contributed by atoms with Crippen molar-refractivity contribution in [2.75, 3.05) is 20.2 Å². The van der Waals surface area contributed by atoms with Crippen LogP contribution in [0.15, 0.2) is 0 Å². The minimum Gasteiger partial charge on any atom is -0.469 e. The van der Waals surface area contributed by atoms with Crippen LogP contribution in [0.4, 0.5) is 0 Å². The summed E-state index contributed by atoms with van der Waals surface area (Å²) in [7, 11) is 1.44. The third kappa shape index (κ3) is 2.44. The molecule has 110 valence electrons. The van der Waals surface area contributed by atoms with Crippen LogP contribution in [0, 0.1) is 5.92 Å². The second-order valence-electron chi connectivity index (χ2n) is 5.60. The van der Waals surface area contributed by atoms with Gasteiger partial charge in [-0.1, -0.05) is 11.6 Å². The summed E-state index contributed by atoms with van der Waals surface area (Å²) < 4.78 is 7.08. The number of nitrogens with zero attached hydrogens (tertiary/aromatic N) is 2. The number of nitrogens with one attached hydrogen (secondary N) is 1. The van der Waals surface area contributed by atoms with Gasteiger partial charge in [-0.05, 0) is 32.4 Å². The van der Waals surface area contributed by atoms with Crippen molar-refractivity contribution in [1.29, 1.82) is 0 Å². The maximum Gasteiger partial charge on any atom is 0.309 e. The molecule has 1 saturated heterocycles. The molecule has 1 fully saturated rings. The van der Waals surface area contributed by atoms with Crippen molar-refractivity contribution in [2.24, 2.45) is 5.92 Å². The van der Waals surface area contributed by atoms with Gasteiger partial charge in [-0.25, -0.2) is 4.98 Å². The molecule has 5 nitrogen and oxygen atoms in total. The van der Waals surface area contributed by atoms with E-state index in [4.69, 9.17) is 16.3 Å². The monoisotopic (exact) mass is 297 g/mol. The standard InChI is InChI=1S/C14H20ClN3O2/c1-20-14(19)10-4-7-18-11(8-10)12(15)17-13(18)9-2-5-16-6-3-9/h9-10,16H,2-8H2,1H3. The van der Waals surface area contributed by atoms with Crippen LogP contribution < -0.4 is 5.32 Å². The van der Waals surface area contributed by atoms with Crippen LogP contribution in [0.3, 0.4) is 0 Å². The average Bonchev–Trinajstić information content (AvgIpc) is 2.84. The van der Waals surface area contributed by atoms with Crippen LogP contribution in [0.2, 0.25) is 5.15 Å². The van der Waals surface area contributed by atoms with Crippen LogP contribution in [-0.2, 0) is 22.5 Å². The third-order valence-electron chi connectivity index (χ3n) is 4.43. The number of fused-ring (bicyclic) bond motifs is 1. The first-order chi connectivity index (χ1) is 9.70. The summed E-state index contributed by atoms with van der Waals surface area (Å²) in [6, 6.07) is 0. The maximum atomic E-state index is 11.7. The summed E-state index contributed by atoms with van der Waals surface area (Å²) >= 11 is 6.30. The van der Waals surface area contributed by atoms with E-state index < -0.39 is 0 Å². The predicted molar refractivity (Wildman–Crippen MR) is 75.9 cm³/mol. The molecule has 1 aromatic heterocycles. The van der Waals surface area contributed by atoms with Crippen molar-refractivity contribution in [3.05, 3.63) is 16.7 Å². The van der Waals surface area contributed by atoms with E-state index in [9.17, 15) is 4.79 Å². The van der Waals surface area contributed by atoms with E-state index in [1.807, 2.05) is 0 Å². The number of piperidine rings is 1. The van der Waals surface area contributed by atoms with Crippen LogP contribution in [0.1, 0.15) is 36.7 Å². The molecule has 0 spiro atoms. The fourth-order valence-corrected chi connectivity index (χ4v) is 3.56. The Kier molecular flexibility index (Phi) is 3.98. The van der Waals surface area contributed by atoms with Crippen LogP contribution in [0.5, 0.6) is 0 Å². The second-order valence-corrected chi connectivity index (χ2v) is 5.95. The Labute approximate surface area is 123 Å². The molecule has 2 aliphatic heterocycles. The number of carbonyl (C=O) groups excluding carboxylic acids is 1. The van der Waals surface area contributed by atoms with Crippen LogP contribution in [-0.4, -0.2) is 35.7 Å². The number of imidazole rings is 1. The summed E-state index contributed by atoms with van der Waals surface area (Å²) in [5, 5.41) is 3.93. The lowest BCUT2D eigenvalue weighted by Gasteiger charge is -2.27. The van der Waals surface area contributed by atoms with Gasteiger partial charge in [0.2, 0.25) is 0 Å². The first kappa shape index (κ1) is 13.9. The quantitative estimate of drug-likeness (QED) is 0.845. The summed E-state index contributed by atoms with van der Waals surface area (Å²) in [5.41, 5.74) is 1.00. The highest BCUT2D eigenvalue weighted by molar-refractivity contribution is 6.30. The molecule has 20 heavy (non-hydrogen) atoms. The van der Waals surface area contributed by atoms with Gasteiger partial charge >= 0.3 is 5.97 Å². The predicted octanol–water partition coefficient (Wildman–Crippen LogP) is 1.74. The molecule has 1 aromatic rings. The van der Waals surface area contributed by atoms with Crippen molar-refractivity contribution in [2.45, 2.75) is 38.1 Å². The lowest BCUT2D eigenvalue weighted by atomic mass is 9.94. The van der Waals surface area contributed by atoms with Crippen LogP contribution >= 0.6 is 11.6 Å². The molecule has 1 unspecified atom stereocenters. The lowest BCUT2D eigenvalue weighted by Crippen LogP contribution is -2.30. The van der Waals surface area contributed by atoms with Gasteiger partial charge < -0.3 is 14.6 Å². The number of ether oxygens (including phenoxy) is 1. The van der Waals surface area contributed by atoms with Gasteiger partial charge in [-0.2, -0.15) is 0 Å². The fraction of sp³-hybridized carbons (Fsp3) is 0.714. The Bertz CT molecular complexity index is 509. The average molecular weight is 298 g/mol. The van der Waals surface area contributed by atoms with Gasteiger partial charge in [0, 0.05) is 18.9 Å². The third-order valence-corrected chi connectivity index (χ3v) is 4.74. The highest BCUT2D eigenvalue weighted by atomic mass is 35.5. The molecule has 0 radical (unpaired) electrons. The molecule has 3 heterocycles. The number of halogens is 1. The molecule has 0 amide bonds. The fourth-order valence-electron chi connectivity index (χ4n) is 3.30. The van der Waals surface area contributed by atoms with Crippen molar-refractivity contribution in [3.63, 3.8) is 0 Å². The van der Waals surface area contributed by atoms with Gasteiger partial charge in [0.1, 0.15) is 5.82 Å². The molecular formula is C14H20ClN3O2. The number of rotatable bonds is 2. The Hall–Kier alpha value is -1.07. The molecule has 2 aliphatic rings. The molecule has 0 aliphatic carbocycles. The second kappa shape index (κ2) is 5.74. The Balaban J connectivity index is 1.85. The highest BCUT2D eigenvalue weighted by Crippen LogP contribution is 2.33. The van der Waals surface area contributed by atoms with Gasteiger partial charge in [-0.15, -0.1) is 0 Å². The first-order valence-corrected chi connectivity index (χ1v) is 7.62. The number of esters is 1. The zero-order valence-electron chi connectivity index (χ0n) is 11.7. The van der Waals surface area contributed by atoms with E-state index in [1.165, 1.54) is 7.11 Å². The zero-order valence-corrected chi connectivity index (χ0v) is 12.4. The number of hydrogen-bond donors (Lipinski definition) is 1. The van der Waals surface area contributed by atoms with Gasteiger partial charge in [0.25, 0.3) is 0 Å². The van der Waals surface area contributed by atoms with E-state index in [-0.39, 0.29) is 11.9 Å². The molecule has 0 bridgehead atoms. The van der Waals surface area contributed by atoms with Crippen molar-refractivity contribution >= 4 is 17.6 Å². The minimum absolute atomic E-state index is 0.0810. The molecule has 1 atom stereocenters. The van der Waals surface area contributed by atoms with E-state index in [0.717, 1.165) is 50.4 Å².